The summed E-state index contributed by atoms with van der Waals surface area (Å²) in [5, 5.41) is 11.0. The number of carbonyl (C=O) groups excluding carboxylic acids is 1. The number of methoxy groups -OCH3 is 2. The zero-order chi connectivity index (χ0) is 22.4. The number of fused-ring (bicyclic) bond motifs is 1. The van der Waals surface area contributed by atoms with Gasteiger partial charge in [0.1, 0.15) is 5.75 Å². The van der Waals surface area contributed by atoms with Crippen LogP contribution in [-0.4, -0.2) is 68.3 Å². The van der Waals surface area contributed by atoms with Crippen molar-refractivity contribution in [2.45, 2.75) is 12.8 Å². The molecule has 1 amide bonds. The van der Waals surface area contributed by atoms with E-state index in [1.165, 1.54) is 18.2 Å². The predicted octanol–water partition coefficient (Wildman–Crippen LogP) is 3.39. The number of rotatable bonds is 10. The number of hydrogen-bond acceptors (Lipinski definition) is 7. The molecule has 1 aliphatic heterocycles. The van der Waals surface area contributed by atoms with Crippen molar-refractivity contribution in [3.8, 4) is 17.2 Å². The fourth-order valence-electron chi connectivity index (χ4n) is 3.47. The fraction of sp³-hybridized carbons (Fsp3) is 0.409. The molecule has 0 spiro atoms. The van der Waals surface area contributed by atoms with Gasteiger partial charge in [0.15, 0.2) is 18.2 Å². The van der Waals surface area contributed by atoms with Gasteiger partial charge in [-0.2, -0.15) is 0 Å². The highest BCUT2D eigenvalue weighted by molar-refractivity contribution is 5.98. The minimum Gasteiger partial charge on any atom is -0.493 e. The zero-order valence-electron chi connectivity index (χ0n) is 18.4. The van der Waals surface area contributed by atoms with Gasteiger partial charge in [-0.15, -0.1) is 12.4 Å². The highest BCUT2D eigenvalue weighted by Crippen LogP contribution is 2.29. The smallest absolute Gasteiger partial charge is 0.270 e. The van der Waals surface area contributed by atoms with Crippen LogP contribution in [0.15, 0.2) is 36.4 Å². The Hall–Kier alpha value is -3.04. The van der Waals surface area contributed by atoms with E-state index in [9.17, 15) is 14.9 Å². The average molecular weight is 466 g/mol. The number of benzene rings is 2. The molecule has 0 N–H and O–H groups in total. The van der Waals surface area contributed by atoms with Crippen LogP contribution in [0.1, 0.15) is 22.3 Å². The number of nitro benzene ring substituents is 1. The Bertz CT molecular complexity index is 955. The standard InChI is InChI=1S/C22H27N3O6.ClH/c1-23(12-9-16-5-7-20(29-2)21(13-16)30-3)10-4-11-24-15-31-19-8-6-17(25(27)28)14-18(19)22(24)26;/h5-8,13-14H,4,9-12,15H2,1-3H3;1H. The van der Waals surface area contributed by atoms with Gasteiger partial charge in [0.05, 0.1) is 24.7 Å². The van der Waals surface area contributed by atoms with Crippen molar-refractivity contribution >= 4 is 24.0 Å². The number of nitrogens with zero attached hydrogens (tertiary/aromatic N) is 3. The lowest BCUT2D eigenvalue weighted by molar-refractivity contribution is -0.384. The number of halogens is 1. The molecule has 10 heteroatoms. The second kappa shape index (κ2) is 11.5. The van der Waals surface area contributed by atoms with E-state index in [-0.39, 0.29) is 36.3 Å². The van der Waals surface area contributed by atoms with Crippen LogP contribution in [0.5, 0.6) is 17.2 Å². The second-order valence-electron chi connectivity index (χ2n) is 7.38. The molecule has 1 heterocycles. The highest BCUT2D eigenvalue weighted by atomic mass is 35.5. The van der Waals surface area contributed by atoms with E-state index in [1.807, 2.05) is 25.2 Å². The number of likely N-dealkylation sites (N-methyl/N-ethyl adjacent to an activating group) is 1. The lowest BCUT2D eigenvalue weighted by Crippen LogP contribution is -2.40. The van der Waals surface area contributed by atoms with Gasteiger partial charge in [-0.1, -0.05) is 6.07 Å². The molecule has 0 atom stereocenters. The van der Waals surface area contributed by atoms with Crippen LogP contribution < -0.4 is 14.2 Å². The number of carbonyl (C=O) groups is 1. The molecule has 0 unspecified atom stereocenters. The normalized spacial score (nSPS) is 12.6. The maximum atomic E-state index is 12.7. The SMILES string of the molecule is COc1ccc(CCN(C)CCCN2COc3ccc([N+](=O)[O-])cc3C2=O)cc1OC.Cl. The third-order valence-corrected chi connectivity index (χ3v) is 5.27. The number of amides is 1. The summed E-state index contributed by atoms with van der Waals surface area (Å²) in [6, 6.07) is 10.00. The highest BCUT2D eigenvalue weighted by Gasteiger charge is 2.27. The Balaban J connectivity index is 0.00000363. The van der Waals surface area contributed by atoms with Gasteiger partial charge in [0.25, 0.3) is 11.6 Å². The van der Waals surface area contributed by atoms with Crippen LogP contribution in [0, 0.1) is 10.1 Å². The summed E-state index contributed by atoms with van der Waals surface area (Å²) in [6.07, 6.45) is 1.63. The molecule has 0 fully saturated rings. The lowest BCUT2D eigenvalue weighted by Gasteiger charge is -2.29. The Morgan fingerprint density at radius 1 is 1.12 bits per heavy atom. The fourth-order valence-corrected chi connectivity index (χ4v) is 3.47. The van der Waals surface area contributed by atoms with Crippen LogP contribution in [0.25, 0.3) is 0 Å². The van der Waals surface area contributed by atoms with Gasteiger partial charge < -0.3 is 24.0 Å². The zero-order valence-corrected chi connectivity index (χ0v) is 19.2. The molecular formula is C22H28ClN3O6. The van der Waals surface area contributed by atoms with Crippen molar-refractivity contribution in [2.75, 3.05) is 47.6 Å². The molecule has 3 rings (SSSR count). The van der Waals surface area contributed by atoms with Gasteiger partial charge in [-0.25, -0.2) is 0 Å². The van der Waals surface area contributed by atoms with Gasteiger partial charge in [-0.3, -0.25) is 14.9 Å². The van der Waals surface area contributed by atoms with E-state index in [1.54, 1.807) is 19.1 Å². The van der Waals surface area contributed by atoms with Crippen LogP contribution in [0.2, 0.25) is 0 Å². The molecule has 32 heavy (non-hydrogen) atoms. The topological polar surface area (TPSA) is 94.4 Å². The van der Waals surface area contributed by atoms with Crippen molar-refractivity contribution < 1.29 is 23.9 Å². The van der Waals surface area contributed by atoms with Crippen LogP contribution in [0.4, 0.5) is 5.69 Å². The summed E-state index contributed by atoms with van der Waals surface area (Å²) in [5.41, 5.74) is 1.28. The van der Waals surface area contributed by atoms with Crippen molar-refractivity contribution in [1.29, 1.82) is 0 Å². The molecule has 9 nitrogen and oxygen atoms in total. The molecule has 1 aliphatic rings. The molecule has 0 aliphatic carbocycles. The summed E-state index contributed by atoms with van der Waals surface area (Å²) < 4.78 is 16.2. The van der Waals surface area contributed by atoms with Gasteiger partial charge >= 0.3 is 0 Å². The predicted molar refractivity (Wildman–Crippen MR) is 122 cm³/mol. The van der Waals surface area contributed by atoms with E-state index < -0.39 is 4.92 Å². The first-order valence-corrected chi connectivity index (χ1v) is 10.0. The van der Waals surface area contributed by atoms with Crippen molar-refractivity contribution in [3.63, 3.8) is 0 Å². The minimum atomic E-state index is -0.514. The molecule has 174 valence electrons. The van der Waals surface area contributed by atoms with Crippen LogP contribution in [-0.2, 0) is 6.42 Å². The molecule has 0 saturated carbocycles. The third-order valence-electron chi connectivity index (χ3n) is 5.27. The molecule has 0 bridgehead atoms. The molecule has 2 aromatic carbocycles. The van der Waals surface area contributed by atoms with Gasteiger partial charge in [0, 0.05) is 25.2 Å². The number of ether oxygens (including phenoxy) is 3. The molecule has 2 aromatic rings. The van der Waals surface area contributed by atoms with Crippen molar-refractivity contribution in [2.24, 2.45) is 0 Å². The quantitative estimate of drug-likeness (QED) is 0.392. The Kier molecular flexibility index (Phi) is 9.10. The first kappa shape index (κ1) is 25.2. The maximum Gasteiger partial charge on any atom is 0.270 e. The number of non-ortho nitro benzene ring substituents is 1. The summed E-state index contributed by atoms with van der Waals surface area (Å²) >= 11 is 0. The van der Waals surface area contributed by atoms with E-state index in [4.69, 9.17) is 14.2 Å². The van der Waals surface area contributed by atoms with E-state index in [2.05, 4.69) is 4.90 Å². The Labute approximate surface area is 193 Å². The first-order valence-electron chi connectivity index (χ1n) is 10.0. The van der Waals surface area contributed by atoms with E-state index >= 15 is 0 Å². The maximum absolute atomic E-state index is 12.7. The molecule has 0 aromatic heterocycles. The summed E-state index contributed by atoms with van der Waals surface area (Å²) in [5.74, 6) is 1.57. The largest absolute Gasteiger partial charge is 0.493 e. The van der Waals surface area contributed by atoms with Gasteiger partial charge in [0.2, 0.25) is 0 Å². The Morgan fingerprint density at radius 3 is 2.56 bits per heavy atom. The molecular weight excluding hydrogens is 438 g/mol. The molecule has 0 saturated heterocycles. The average Bonchev–Trinajstić information content (AvgIpc) is 2.78. The second-order valence-corrected chi connectivity index (χ2v) is 7.38. The van der Waals surface area contributed by atoms with Crippen molar-refractivity contribution in [1.82, 2.24) is 9.80 Å². The van der Waals surface area contributed by atoms with Crippen LogP contribution in [0.3, 0.4) is 0 Å². The van der Waals surface area contributed by atoms with Crippen LogP contribution >= 0.6 is 12.4 Å². The summed E-state index contributed by atoms with van der Waals surface area (Å²) in [7, 11) is 5.27. The van der Waals surface area contributed by atoms with Crippen molar-refractivity contribution in [3.05, 3.63) is 57.6 Å². The minimum absolute atomic E-state index is 0. The number of hydrogen-bond donors (Lipinski definition) is 0. The number of nitro groups is 1. The summed E-state index contributed by atoms with van der Waals surface area (Å²) in [6.45, 7) is 2.33. The Morgan fingerprint density at radius 2 is 1.88 bits per heavy atom. The monoisotopic (exact) mass is 465 g/mol. The lowest BCUT2D eigenvalue weighted by atomic mass is 10.1. The molecule has 0 radical (unpaired) electrons. The van der Waals surface area contributed by atoms with E-state index in [0.717, 1.165) is 31.5 Å². The summed E-state index contributed by atoms with van der Waals surface area (Å²) in [4.78, 5) is 26.9. The van der Waals surface area contributed by atoms with E-state index in [0.29, 0.717) is 23.8 Å². The van der Waals surface area contributed by atoms with Gasteiger partial charge in [-0.05, 0) is 50.2 Å². The first-order chi connectivity index (χ1) is 14.9. The third kappa shape index (κ3) is 6.02.